The van der Waals surface area contributed by atoms with Gasteiger partial charge in [-0.2, -0.15) is 0 Å². The molecule has 30 heavy (non-hydrogen) atoms. The summed E-state index contributed by atoms with van der Waals surface area (Å²) in [5.41, 5.74) is -0.357. The average molecular weight is 450 g/mol. The number of ether oxygens (including phenoxy) is 2. The van der Waals surface area contributed by atoms with E-state index in [0.29, 0.717) is 32.8 Å². The van der Waals surface area contributed by atoms with E-state index in [-0.39, 0.29) is 19.8 Å². The zero-order chi connectivity index (χ0) is 21.5. The van der Waals surface area contributed by atoms with Crippen molar-refractivity contribution in [3.63, 3.8) is 0 Å². The first-order valence-corrected chi connectivity index (χ1v) is 9.82. The second-order valence-corrected chi connectivity index (χ2v) is 7.85. The largest absolute Gasteiger partial charge is 0.454 e. The maximum absolute atomic E-state index is 13.0. The van der Waals surface area contributed by atoms with Crippen molar-refractivity contribution in [3.05, 3.63) is 52.0 Å². The number of hydrogen-bond donors (Lipinski definition) is 2. The molecule has 4 rings (SSSR count). The number of anilines is 1. The van der Waals surface area contributed by atoms with Gasteiger partial charge < -0.3 is 20.1 Å². The van der Waals surface area contributed by atoms with Gasteiger partial charge in [0.1, 0.15) is 5.54 Å². The molecule has 2 aliphatic heterocycles. The van der Waals surface area contributed by atoms with Crippen LogP contribution in [0.4, 0.5) is 10.5 Å². The van der Waals surface area contributed by atoms with E-state index < -0.39 is 23.4 Å². The molecule has 0 aliphatic carbocycles. The van der Waals surface area contributed by atoms with Gasteiger partial charge in [-0.05, 0) is 42.8 Å². The molecule has 0 bridgehead atoms. The van der Waals surface area contributed by atoms with E-state index in [1.165, 1.54) is 6.07 Å². The Bertz CT molecular complexity index is 1060. The molecule has 0 spiro atoms. The molecule has 0 saturated carbocycles. The van der Waals surface area contributed by atoms with Crippen molar-refractivity contribution in [2.75, 3.05) is 18.7 Å². The van der Waals surface area contributed by atoms with Crippen LogP contribution in [0, 0.1) is 0 Å². The van der Waals surface area contributed by atoms with E-state index in [9.17, 15) is 14.4 Å². The number of nitrogens with zero attached hydrogens (tertiary/aromatic N) is 1. The van der Waals surface area contributed by atoms with E-state index in [2.05, 4.69) is 10.6 Å². The lowest BCUT2D eigenvalue weighted by Crippen LogP contribution is -2.41. The van der Waals surface area contributed by atoms with E-state index in [1.807, 2.05) is 0 Å². The predicted molar refractivity (Wildman–Crippen MR) is 110 cm³/mol. The summed E-state index contributed by atoms with van der Waals surface area (Å²) in [5, 5.41) is 6.08. The monoisotopic (exact) mass is 449 g/mol. The number of carbonyl (C=O) groups is 3. The highest BCUT2D eigenvalue weighted by molar-refractivity contribution is 6.35. The van der Waals surface area contributed by atoms with Crippen molar-refractivity contribution < 1.29 is 23.9 Å². The summed E-state index contributed by atoms with van der Waals surface area (Å²) >= 11 is 11.9. The van der Waals surface area contributed by atoms with Gasteiger partial charge in [0, 0.05) is 18.0 Å². The lowest BCUT2D eigenvalue weighted by Gasteiger charge is -2.22. The Morgan fingerprint density at radius 1 is 1.17 bits per heavy atom. The van der Waals surface area contributed by atoms with Crippen molar-refractivity contribution in [2.24, 2.45) is 0 Å². The number of carbonyl (C=O) groups excluding carboxylic acids is 3. The Morgan fingerprint density at radius 2 is 1.93 bits per heavy atom. The average Bonchev–Trinajstić information content (AvgIpc) is 3.26. The third-order valence-corrected chi connectivity index (χ3v) is 5.55. The predicted octanol–water partition coefficient (Wildman–Crippen LogP) is 3.52. The highest BCUT2D eigenvalue weighted by Gasteiger charge is 2.49. The van der Waals surface area contributed by atoms with Crippen molar-refractivity contribution in [3.8, 4) is 11.5 Å². The van der Waals surface area contributed by atoms with Gasteiger partial charge in [-0.15, -0.1) is 0 Å². The van der Waals surface area contributed by atoms with Crippen LogP contribution in [-0.4, -0.2) is 36.1 Å². The molecule has 2 aromatic rings. The zero-order valence-corrected chi connectivity index (χ0v) is 17.3. The van der Waals surface area contributed by atoms with E-state index in [4.69, 9.17) is 32.7 Å². The smallest absolute Gasteiger partial charge is 0.325 e. The number of hydrogen-bond acceptors (Lipinski definition) is 5. The summed E-state index contributed by atoms with van der Waals surface area (Å²) in [6.07, 6.45) is -0.0980. The number of nitrogens with one attached hydrogen (secondary N) is 2. The first kappa shape index (κ1) is 20.3. The number of imide groups is 1. The van der Waals surface area contributed by atoms with Crippen LogP contribution in [0.5, 0.6) is 11.5 Å². The van der Waals surface area contributed by atoms with Gasteiger partial charge in [0.25, 0.3) is 5.91 Å². The molecule has 2 aromatic carbocycles. The fourth-order valence-electron chi connectivity index (χ4n) is 3.32. The Balaban J connectivity index is 1.44. The fraction of sp³-hybridized carbons (Fsp3) is 0.250. The topological polar surface area (TPSA) is 97.0 Å². The lowest BCUT2D eigenvalue weighted by atomic mass is 9.91. The molecule has 2 heterocycles. The molecule has 0 radical (unpaired) electrons. The van der Waals surface area contributed by atoms with Crippen LogP contribution >= 0.6 is 23.2 Å². The van der Waals surface area contributed by atoms with Crippen molar-refractivity contribution in [1.29, 1.82) is 0 Å². The SMILES string of the molecule is C[C@@]1(c2ccc3c(c2)OCO3)NC(=O)N(CCC(=O)Nc2cc(Cl)ccc2Cl)C1=O. The first-order chi connectivity index (χ1) is 14.3. The molecule has 2 aliphatic rings. The Labute approximate surface area is 182 Å². The lowest BCUT2D eigenvalue weighted by molar-refractivity contribution is -0.131. The second-order valence-electron chi connectivity index (χ2n) is 7.00. The summed E-state index contributed by atoms with van der Waals surface area (Å²) in [6.45, 7) is 1.62. The van der Waals surface area contributed by atoms with Crippen LogP contribution in [0.2, 0.25) is 10.0 Å². The standard InChI is InChI=1S/C20H17Cl2N3O5/c1-20(11-2-5-15-16(8-11)30-10-29-15)18(27)25(19(28)24-20)7-6-17(26)23-14-9-12(21)3-4-13(14)22/h2-5,8-9H,6-7,10H2,1H3,(H,23,26)(H,24,28)/t20-/m0/s1. The highest BCUT2D eigenvalue weighted by Crippen LogP contribution is 2.37. The molecule has 0 aromatic heterocycles. The van der Waals surface area contributed by atoms with Gasteiger partial charge in [0.15, 0.2) is 11.5 Å². The molecule has 0 unspecified atom stereocenters. The number of benzene rings is 2. The number of amides is 4. The van der Waals surface area contributed by atoms with Crippen LogP contribution in [-0.2, 0) is 15.1 Å². The van der Waals surface area contributed by atoms with Gasteiger partial charge >= 0.3 is 6.03 Å². The van der Waals surface area contributed by atoms with Gasteiger partial charge in [0.2, 0.25) is 12.7 Å². The third-order valence-electron chi connectivity index (χ3n) is 4.99. The van der Waals surface area contributed by atoms with Crippen LogP contribution in [0.25, 0.3) is 0 Å². The van der Waals surface area contributed by atoms with Gasteiger partial charge in [-0.3, -0.25) is 14.5 Å². The number of rotatable bonds is 5. The van der Waals surface area contributed by atoms with Gasteiger partial charge in [-0.1, -0.05) is 29.3 Å². The second kappa shape index (κ2) is 7.70. The summed E-state index contributed by atoms with van der Waals surface area (Å²) in [5.74, 6) is 0.218. The molecular weight excluding hydrogens is 433 g/mol. The minimum Gasteiger partial charge on any atom is -0.454 e. The number of halogens is 2. The molecule has 1 saturated heterocycles. The first-order valence-electron chi connectivity index (χ1n) is 9.07. The molecule has 10 heteroatoms. The van der Waals surface area contributed by atoms with Crippen LogP contribution in [0.3, 0.4) is 0 Å². The normalized spacial score (nSPS) is 19.8. The van der Waals surface area contributed by atoms with Crippen LogP contribution < -0.4 is 20.1 Å². The number of urea groups is 1. The maximum atomic E-state index is 13.0. The minimum absolute atomic E-state index is 0.0885. The van der Waals surface area contributed by atoms with Crippen molar-refractivity contribution in [2.45, 2.75) is 18.9 Å². The van der Waals surface area contributed by atoms with E-state index >= 15 is 0 Å². The van der Waals surface area contributed by atoms with E-state index in [1.54, 1.807) is 37.3 Å². The Kier molecular flexibility index (Phi) is 5.21. The quantitative estimate of drug-likeness (QED) is 0.680. The Morgan fingerprint density at radius 3 is 2.73 bits per heavy atom. The molecule has 2 N–H and O–H groups in total. The molecule has 1 atom stereocenters. The minimum atomic E-state index is -1.27. The third kappa shape index (κ3) is 3.64. The van der Waals surface area contributed by atoms with Gasteiger partial charge in [-0.25, -0.2) is 4.79 Å². The molecule has 4 amide bonds. The fourth-order valence-corrected chi connectivity index (χ4v) is 3.66. The summed E-state index contributed by atoms with van der Waals surface area (Å²) in [7, 11) is 0. The molecular formula is C20H17Cl2N3O5. The van der Waals surface area contributed by atoms with Crippen molar-refractivity contribution in [1.82, 2.24) is 10.2 Å². The molecule has 8 nitrogen and oxygen atoms in total. The molecule has 156 valence electrons. The summed E-state index contributed by atoms with van der Waals surface area (Å²) in [4.78, 5) is 38.8. The van der Waals surface area contributed by atoms with Crippen molar-refractivity contribution >= 4 is 46.7 Å². The highest BCUT2D eigenvalue weighted by atomic mass is 35.5. The summed E-state index contributed by atoms with van der Waals surface area (Å²) < 4.78 is 10.6. The molecule has 1 fully saturated rings. The van der Waals surface area contributed by atoms with E-state index in [0.717, 1.165) is 4.90 Å². The number of fused-ring (bicyclic) bond motifs is 1. The van der Waals surface area contributed by atoms with Gasteiger partial charge in [0.05, 0.1) is 10.7 Å². The summed E-state index contributed by atoms with van der Waals surface area (Å²) in [6, 6.07) is 9.16. The Hall–Kier alpha value is -2.97. The zero-order valence-electron chi connectivity index (χ0n) is 15.8. The maximum Gasteiger partial charge on any atom is 0.325 e. The van der Waals surface area contributed by atoms with Crippen LogP contribution in [0.15, 0.2) is 36.4 Å². The van der Waals surface area contributed by atoms with Crippen LogP contribution in [0.1, 0.15) is 18.9 Å².